The van der Waals surface area contributed by atoms with Crippen molar-refractivity contribution in [3.8, 4) is 16.9 Å². The molecule has 3 nitrogen and oxygen atoms in total. The summed E-state index contributed by atoms with van der Waals surface area (Å²) in [6.45, 7) is 0. The van der Waals surface area contributed by atoms with Crippen LogP contribution < -0.4 is 9.84 Å². The summed E-state index contributed by atoms with van der Waals surface area (Å²) < 4.78 is 18.8. The number of hydrogen-bond donors (Lipinski definition) is 0. The minimum absolute atomic E-state index is 0.176. The third-order valence-corrected chi connectivity index (χ3v) is 2.61. The van der Waals surface area contributed by atoms with Gasteiger partial charge in [-0.3, -0.25) is 0 Å². The van der Waals surface area contributed by atoms with Crippen molar-refractivity contribution in [1.82, 2.24) is 0 Å². The molecule has 0 aliphatic heterocycles. The number of carboxylic acids is 1. The van der Waals surface area contributed by atoms with Gasteiger partial charge < -0.3 is 14.6 Å². The van der Waals surface area contributed by atoms with Crippen molar-refractivity contribution < 1.29 is 19.0 Å². The molecule has 0 heterocycles. The number of aromatic carboxylic acids is 1. The molecule has 0 unspecified atom stereocenters. The van der Waals surface area contributed by atoms with Gasteiger partial charge in [0.1, 0.15) is 11.6 Å². The first-order valence-corrected chi connectivity index (χ1v) is 5.27. The molecule has 0 spiro atoms. The van der Waals surface area contributed by atoms with Gasteiger partial charge in [-0.25, -0.2) is 4.39 Å². The van der Waals surface area contributed by atoms with Crippen LogP contribution in [0.25, 0.3) is 11.1 Å². The fraction of sp³-hybridized carbons (Fsp3) is 0.0714. The van der Waals surface area contributed by atoms with Crippen molar-refractivity contribution in [2.24, 2.45) is 0 Å². The molecule has 0 saturated carbocycles. The Kier molecular flexibility index (Phi) is 3.28. The van der Waals surface area contributed by atoms with Crippen LogP contribution in [0.3, 0.4) is 0 Å². The Labute approximate surface area is 103 Å². The molecular formula is C14H10FO3-. The van der Waals surface area contributed by atoms with Crippen LogP contribution in [0.1, 0.15) is 10.4 Å². The quantitative estimate of drug-likeness (QED) is 0.829. The highest BCUT2D eigenvalue weighted by Crippen LogP contribution is 2.25. The minimum Gasteiger partial charge on any atom is -0.545 e. The van der Waals surface area contributed by atoms with E-state index in [1.165, 1.54) is 12.1 Å². The lowest BCUT2D eigenvalue weighted by Crippen LogP contribution is -2.22. The Morgan fingerprint density at radius 1 is 1.17 bits per heavy atom. The van der Waals surface area contributed by atoms with Gasteiger partial charge in [-0.2, -0.15) is 0 Å². The molecule has 4 heteroatoms. The van der Waals surface area contributed by atoms with E-state index in [0.29, 0.717) is 16.9 Å². The molecular weight excluding hydrogens is 235 g/mol. The SMILES string of the molecule is COc1ccc(-c2ccc(C(=O)[O-])cc2F)cc1. The standard InChI is InChI=1S/C14H11FO3/c1-18-11-5-2-9(3-6-11)12-7-4-10(14(16)17)8-13(12)15/h2-8H,1H3,(H,16,17)/p-1. The molecule has 18 heavy (non-hydrogen) atoms. The molecule has 0 radical (unpaired) electrons. The number of hydrogen-bond acceptors (Lipinski definition) is 3. The number of carbonyl (C=O) groups excluding carboxylic acids is 1. The molecule has 0 amide bonds. The van der Waals surface area contributed by atoms with Crippen molar-refractivity contribution in [2.75, 3.05) is 7.11 Å². The van der Waals surface area contributed by atoms with E-state index in [1.54, 1.807) is 31.4 Å². The third-order valence-electron chi connectivity index (χ3n) is 2.61. The zero-order chi connectivity index (χ0) is 13.1. The monoisotopic (exact) mass is 245 g/mol. The molecule has 0 aromatic heterocycles. The molecule has 0 aliphatic carbocycles. The second-order valence-corrected chi connectivity index (χ2v) is 3.71. The minimum atomic E-state index is -1.39. The van der Waals surface area contributed by atoms with Gasteiger partial charge in [-0.1, -0.05) is 24.3 Å². The summed E-state index contributed by atoms with van der Waals surface area (Å²) in [5.74, 6) is -1.32. The van der Waals surface area contributed by atoms with E-state index in [0.717, 1.165) is 6.07 Å². The predicted octanol–water partition coefficient (Wildman–Crippen LogP) is 1.86. The number of ether oxygens (including phenoxy) is 1. The van der Waals surface area contributed by atoms with Gasteiger partial charge in [-0.15, -0.1) is 0 Å². The average Bonchev–Trinajstić information content (AvgIpc) is 2.38. The van der Waals surface area contributed by atoms with Gasteiger partial charge in [0.15, 0.2) is 0 Å². The lowest BCUT2D eigenvalue weighted by Gasteiger charge is -2.08. The van der Waals surface area contributed by atoms with Gasteiger partial charge in [0.05, 0.1) is 13.1 Å². The van der Waals surface area contributed by atoms with Crippen molar-refractivity contribution in [2.45, 2.75) is 0 Å². The Morgan fingerprint density at radius 2 is 1.83 bits per heavy atom. The Bertz CT molecular complexity index is 576. The zero-order valence-electron chi connectivity index (χ0n) is 9.64. The summed E-state index contributed by atoms with van der Waals surface area (Å²) in [4.78, 5) is 10.6. The summed E-state index contributed by atoms with van der Waals surface area (Å²) >= 11 is 0. The van der Waals surface area contributed by atoms with Crippen LogP contribution in [0.2, 0.25) is 0 Å². The number of carboxylic acid groups (broad SMARTS) is 1. The number of halogens is 1. The molecule has 0 bridgehead atoms. The number of rotatable bonds is 3. The van der Waals surface area contributed by atoms with Crippen LogP contribution in [0, 0.1) is 5.82 Å². The van der Waals surface area contributed by atoms with E-state index in [-0.39, 0.29) is 5.56 Å². The molecule has 2 aromatic rings. The molecule has 0 fully saturated rings. The first kappa shape index (κ1) is 12.1. The van der Waals surface area contributed by atoms with Crippen LogP contribution in [0.5, 0.6) is 5.75 Å². The van der Waals surface area contributed by atoms with Crippen LogP contribution >= 0.6 is 0 Å². The normalized spacial score (nSPS) is 10.1. The highest BCUT2D eigenvalue weighted by molar-refractivity contribution is 5.86. The fourth-order valence-corrected chi connectivity index (χ4v) is 1.65. The van der Waals surface area contributed by atoms with E-state index in [2.05, 4.69) is 0 Å². The highest BCUT2D eigenvalue weighted by Gasteiger charge is 2.06. The first-order valence-electron chi connectivity index (χ1n) is 5.27. The summed E-state index contributed by atoms with van der Waals surface area (Å²) in [5.41, 5.74) is 0.811. The average molecular weight is 245 g/mol. The second kappa shape index (κ2) is 4.87. The van der Waals surface area contributed by atoms with Crippen molar-refractivity contribution >= 4 is 5.97 Å². The lowest BCUT2D eigenvalue weighted by molar-refractivity contribution is -0.255. The number of benzene rings is 2. The summed E-state index contributed by atoms with van der Waals surface area (Å²) in [6, 6.07) is 10.5. The number of carbonyl (C=O) groups is 1. The smallest absolute Gasteiger partial charge is 0.131 e. The van der Waals surface area contributed by atoms with E-state index in [4.69, 9.17) is 4.74 Å². The molecule has 92 valence electrons. The zero-order valence-corrected chi connectivity index (χ0v) is 9.64. The Morgan fingerprint density at radius 3 is 2.33 bits per heavy atom. The first-order chi connectivity index (χ1) is 8.61. The van der Waals surface area contributed by atoms with E-state index in [9.17, 15) is 14.3 Å². The molecule has 0 saturated heterocycles. The Balaban J connectivity index is 2.41. The van der Waals surface area contributed by atoms with Gasteiger partial charge in [0, 0.05) is 11.1 Å². The Hall–Kier alpha value is -2.36. The number of methoxy groups -OCH3 is 1. The molecule has 0 atom stereocenters. The van der Waals surface area contributed by atoms with E-state index >= 15 is 0 Å². The molecule has 2 aromatic carbocycles. The maximum Gasteiger partial charge on any atom is 0.131 e. The second-order valence-electron chi connectivity index (χ2n) is 3.71. The van der Waals surface area contributed by atoms with Crippen molar-refractivity contribution in [3.63, 3.8) is 0 Å². The van der Waals surface area contributed by atoms with Crippen molar-refractivity contribution in [3.05, 3.63) is 53.8 Å². The lowest BCUT2D eigenvalue weighted by atomic mass is 10.0. The molecule has 0 aliphatic rings. The van der Waals surface area contributed by atoms with Crippen LogP contribution in [0.4, 0.5) is 4.39 Å². The van der Waals surface area contributed by atoms with Gasteiger partial charge >= 0.3 is 0 Å². The predicted molar refractivity (Wildman–Crippen MR) is 62.7 cm³/mol. The van der Waals surface area contributed by atoms with Crippen LogP contribution in [0.15, 0.2) is 42.5 Å². The maximum absolute atomic E-state index is 13.8. The van der Waals surface area contributed by atoms with Gasteiger partial charge in [-0.05, 0) is 23.8 Å². The fourth-order valence-electron chi connectivity index (χ4n) is 1.65. The van der Waals surface area contributed by atoms with E-state index < -0.39 is 11.8 Å². The summed E-state index contributed by atoms with van der Waals surface area (Å²) in [7, 11) is 1.55. The van der Waals surface area contributed by atoms with Crippen LogP contribution in [-0.2, 0) is 0 Å². The molecule has 2 rings (SSSR count). The van der Waals surface area contributed by atoms with Gasteiger partial charge in [0.25, 0.3) is 0 Å². The summed E-state index contributed by atoms with van der Waals surface area (Å²) in [5, 5.41) is 10.6. The van der Waals surface area contributed by atoms with Gasteiger partial charge in [0.2, 0.25) is 0 Å². The van der Waals surface area contributed by atoms with E-state index in [1.807, 2.05) is 0 Å². The maximum atomic E-state index is 13.8. The third kappa shape index (κ3) is 2.32. The topological polar surface area (TPSA) is 49.4 Å². The largest absolute Gasteiger partial charge is 0.545 e. The highest BCUT2D eigenvalue weighted by atomic mass is 19.1. The van der Waals surface area contributed by atoms with Crippen LogP contribution in [-0.4, -0.2) is 13.1 Å². The summed E-state index contributed by atoms with van der Waals surface area (Å²) in [6.07, 6.45) is 0. The molecule has 0 N–H and O–H groups in total. The van der Waals surface area contributed by atoms with Crippen molar-refractivity contribution in [1.29, 1.82) is 0 Å².